The molecule has 1 aliphatic rings. The van der Waals surface area contributed by atoms with Gasteiger partial charge in [-0.1, -0.05) is 23.7 Å². The van der Waals surface area contributed by atoms with Crippen LogP contribution < -0.4 is 11.1 Å². The molecular formula is C18H23Cl2N3O2S. The lowest BCUT2D eigenvalue weighted by molar-refractivity contribution is -0.132. The van der Waals surface area contributed by atoms with E-state index in [-0.39, 0.29) is 30.5 Å². The van der Waals surface area contributed by atoms with E-state index >= 15 is 0 Å². The Balaban J connectivity index is 0.00000243. The number of hydrogen-bond acceptors (Lipinski definition) is 5. The lowest BCUT2D eigenvalue weighted by atomic mass is 10.1. The summed E-state index contributed by atoms with van der Waals surface area (Å²) in [6.07, 6.45) is 1.13. The Morgan fingerprint density at radius 3 is 2.73 bits per heavy atom. The molecule has 3 atom stereocenters. The number of nitrogens with zero attached hydrogens (tertiary/aromatic N) is 1. The molecule has 5 nitrogen and oxygen atoms in total. The molecule has 0 saturated carbocycles. The van der Waals surface area contributed by atoms with Gasteiger partial charge in [-0.15, -0.1) is 23.7 Å². The monoisotopic (exact) mass is 415 g/mol. The molecule has 0 aliphatic carbocycles. The molecule has 1 aliphatic heterocycles. The SMILES string of the molecule is Cc1sc(C(C)NC(=O)[C@@H]2CC[C@H](CN)O2)nc1-c1ccc(Cl)cc1.Cl. The molecule has 0 radical (unpaired) electrons. The molecule has 3 rings (SSSR count). The number of aryl methyl sites for hydroxylation is 1. The van der Waals surface area contributed by atoms with Gasteiger partial charge < -0.3 is 15.8 Å². The predicted octanol–water partition coefficient (Wildman–Crippen LogP) is 3.88. The summed E-state index contributed by atoms with van der Waals surface area (Å²) in [5.41, 5.74) is 7.55. The van der Waals surface area contributed by atoms with Crippen molar-refractivity contribution < 1.29 is 9.53 Å². The number of amides is 1. The van der Waals surface area contributed by atoms with Crippen molar-refractivity contribution >= 4 is 41.3 Å². The fourth-order valence-electron chi connectivity index (χ4n) is 2.92. The second-order valence-electron chi connectivity index (χ2n) is 6.25. The second-order valence-corrected chi connectivity index (χ2v) is 7.93. The molecule has 2 heterocycles. The minimum absolute atomic E-state index is 0. The minimum atomic E-state index is -0.409. The van der Waals surface area contributed by atoms with Crippen molar-refractivity contribution in [2.24, 2.45) is 5.73 Å². The number of thiazole rings is 1. The average molecular weight is 416 g/mol. The highest BCUT2D eigenvalue weighted by Crippen LogP contribution is 2.31. The number of halogens is 2. The maximum atomic E-state index is 12.4. The van der Waals surface area contributed by atoms with Gasteiger partial charge in [-0.25, -0.2) is 4.98 Å². The zero-order valence-corrected chi connectivity index (χ0v) is 17.1. The number of hydrogen-bond donors (Lipinski definition) is 2. The first kappa shape index (κ1) is 21.1. The number of nitrogens with one attached hydrogen (secondary N) is 1. The van der Waals surface area contributed by atoms with E-state index in [1.165, 1.54) is 0 Å². The maximum absolute atomic E-state index is 12.4. The van der Waals surface area contributed by atoms with E-state index in [9.17, 15) is 4.79 Å². The first-order valence-electron chi connectivity index (χ1n) is 8.37. The molecule has 0 spiro atoms. The van der Waals surface area contributed by atoms with E-state index in [1.807, 2.05) is 38.1 Å². The Labute approximate surface area is 168 Å². The summed E-state index contributed by atoms with van der Waals surface area (Å²) < 4.78 is 5.65. The molecule has 1 aromatic carbocycles. The summed E-state index contributed by atoms with van der Waals surface area (Å²) in [6, 6.07) is 7.45. The van der Waals surface area contributed by atoms with Crippen LogP contribution >= 0.6 is 35.3 Å². The molecule has 1 saturated heterocycles. The molecule has 0 bridgehead atoms. The van der Waals surface area contributed by atoms with Crippen molar-refractivity contribution in [3.05, 3.63) is 39.2 Å². The van der Waals surface area contributed by atoms with E-state index in [1.54, 1.807) is 11.3 Å². The van der Waals surface area contributed by atoms with E-state index < -0.39 is 6.10 Å². The van der Waals surface area contributed by atoms with Gasteiger partial charge in [0.2, 0.25) is 5.91 Å². The number of aromatic nitrogens is 1. The third kappa shape index (κ3) is 4.75. The fraction of sp³-hybridized carbons (Fsp3) is 0.444. The molecule has 2 aromatic rings. The van der Waals surface area contributed by atoms with Gasteiger partial charge in [-0.05, 0) is 38.8 Å². The number of rotatable bonds is 5. The summed E-state index contributed by atoms with van der Waals surface area (Å²) in [5.74, 6) is -0.0932. The van der Waals surface area contributed by atoms with E-state index in [0.717, 1.165) is 27.6 Å². The number of benzene rings is 1. The maximum Gasteiger partial charge on any atom is 0.249 e. The lowest BCUT2D eigenvalue weighted by Gasteiger charge is -2.16. The van der Waals surface area contributed by atoms with Crippen LogP contribution in [0.1, 0.15) is 35.7 Å². The van der Waals surface area contributed by atoms with Crippen LogP contribution in [0.15, 0.2) is 24.3 Å². The Kier molecular flexibility index (Phi) is 7.43. The summed E-state index contributed by atoms with van der Waals surface area (Å²) in [5, 5.41) is 4.58. The van der Waals surface area contributed by atoms with Gasteiger partial charge in [0.15, 0.2) is 0 Å². The predicted molar refractivity (Wildman–Crippen MR) is 108 cm³/mol. The van der Waals surface area contributed by atoms with Crippen LogP contribution in [0.25, 0.3) is 11.3 Å². The molecule has 1 fully saturated rings. The van der Waals surface area contributed by atoms with Crippen LogP contribution in [-0.2, 0) is 9.53 Å². The van der Waals surface area contributed by atoms with E-state index in [0.29, 0.717) is 18.0 Å². The smallest absolute Gasteiger partial charge is 0.249 e. The van der Waals surface area contributed by atoms with Gasteiger partial charge in [0.1, 0.15) is 11.1 Å². The highest BCUT2D eigenvalue weighted by atomic mass is 35.5. The van der Waals surface area contributed by atoms with Crippen LogP contribution in [0.2, 0.25) is 5.02 Å². The highest BCUT2D eigenvalue weighted by molar-refractivity contribution is 7.12. The topological polar surface area (TPSA) is 77.2 Å². The van der Waals surface area contributed by atoms with Crippen molar-refractivity contribution in [3.63, 3.8) is 0 Å². The molecular weight excluding hydrogens is 393 g/mol. The van der Waals surface area contributed by atoms with Crippen LogP contribution in [0, 0.1) is 6.92 Å². The van der Waals surface area contributed by atoms with Crippen LogP contribution in [0.4, 0.5) is 0 Å². The molecule has 8 heteroatoms. The number of nitrogens with two attached hydrogens (primary N) is 1. The minimum Gasteiger partial charge on any atom is -0.364 e. The van der Waals surface area contributed by atoms with Gasteiger partial charge in [0.05, 0.1) is 17.8 Å². The van der Waals surface area contributed by atoms with Crippen LogP contribution in [0.3, 0.4) is 0 Å². The fourth-order valence-corrected chi connectivity index (χ4v) is 3.99. The van der Waals surface area contributed by atoms with Crippen molar-refractivity contribution in [1.29, 1.82) is 0 Å². The van der Waals surface area contributed by atoms with Crippen molar-refractivity contribution in [1.82, 2.24) is 10.3 Å². The molecule has 1 unspecified atom stereocenters. The van der Waals surface area contributed by atoms with E-state index in [4.69, 9.17) is 27.1 Å². The molecule has 26 heavy (non-hydrogen) atoms. The number of carbonyl (C=O) groups excluding carboxylic acids is 1. The highest BCUT2D eigenvalue weighted by Gasteiger charge is 2.31. The quantitative estimate of drug-likeness (QED) is 0.776. The molecule has 3 N–H and O–H groups in total. The first-order chi connectivity index (χ1) is 12.0. The number of carbonyl (C=O) groups is 1. The van der Waals surface area contributed by atoms with Crippen LogP contribution in [-0.4, -0.2) is 29.6 Å². The molecule has 1 aromatic heterocycles. The second kappa shape index (κ2) is 9.15. The lowest BCUT2D eigenvalue weighted by Crippen LogP contribution is -2.36. The van der Waals surface area contributed by atoms with Gasteiger partial charge >= 0.3 is 0 Å². The first-order valence-corrected chi connectivity index (χ1v) is 9.56. The van der Waals surface area contributed by atoms with Crippen molar-refractivity contribution in [3.8, 4) is 11.3 Å². The normalized spacial score (nSPS) is 20.5. The number of ether oxygens (including phenoxy) is 1. The standard InChI is InChI=1S/C18H22ClN3O2S.ClH/c1-10(21-17(23)15-8-7-14(9-20)24-15)18-22-16(11(2)25-18)12-3-5-13(19)6-4-12;/h3-6,10,14-15H,7-9,20H2,1-2H3,(H,21,23);1H/t10?,14-,15+;/m1./s1. The summed E-state index contributed by atoms with van der Waals surface area (Å²) in [4.78, 5) is 18.2. The Morgan fingerprint density at radius 2 is 2.12 bits per heavy atom. The average Bonchev–Trinajstić information content (AvgIpc) is 3.22. The van der Waals surface area contributed by atoms with E-state index in [2.05, 4.69) is 5.32 Å². The summed E-state index contributed by atoms with van der Waals surface area (Å²) in [6.45, 7) is 4.43. The molecule has 1 amide bonds. The van der Waals surface area contributed by atoms with Crippen molar-refractivity contribution in [2.75, 3.05) is 6.54 Å². The van der Waals surface area contributed by atoms with Gasteiger partial charge in [0.25, 0.3) is 0 Å². The third-order valence-corrected chi connectivity index (χ3v) is 5.73. The summed E-state index contributed by atoms with van der Waals surface area (Å²) >= 11 is 7.54. The van der Waals surface area contributed by atoms with Crippen molar-refractivity contribution in [2.45, 2.75) is 44.9 Å². The van der Waals surface area contributed by atoms with Gasteiger partial charge in [-0.3, -0.25) is 4.79 Å². The van der Waals surface area contributed by atoms with Crippen LogP contribution in [0.5, 0.6) is 0 Å². The van der Waals surface area contributed by atoms with Gasteiger partial charge in [0, 0.05) is 22.0 Å². The largest absolute Gasteiger partial charge is 0.364 e. The Hall–Kier alpha value is -1.18. The summed E-state index contributed by atoms with van der Waals surface area (Å²) in [7, 11) is 0. The zero-order valence-electron chi connectivity index (χ0n) is 14.7. The molecule has 142 valence electrons. The Morgan fingerprint density at radius 1 is 1.42 bits per heavy atom. The Bertz CT molecular complexity index is 751. The third-order valence-electron chi connectivity index (χ3n) is 4.32. The van der Waals surface area contributed by atoms with Gasteiger partial charge in [-0.2, -0.15) is 0 Å². The zero-order chi connectivity index (χ0) is 18.0.